The maximum absolute atomic E-state index is 12.7. The Morgan fingerprint density at radius 1 is 1.38 bits per heavy atom. The summed E-state index contributed by atoms with van der Waals surface area (Å²) in [6.07, 6.45) is 1.32. The summed E-state index contributed by atoms with van der Waals surface area (Å²) in [5, 5.41) is 9.37. The van der Waals surface area contributed by atoms with Gasteiger partial charge >= 0.3 is 5.97 Å². The van der Waals surface area contributed by atoms with Gasteiger partial charge in [0.2, 0.25) is 0 Å². The number of amides is 1. The minimum Gasteiger partial charge on any atom is -0.493 e. The molecule has 2 unspecified atom stereocenters. The van der Waals surface area contributed by atoms with Crippen molar-refractivity contribution in [2.75, 3.05) is 13.2 Å². The number of benzene rings is 1. The highest BCUT2D eigenvalue weighted by atomic mass is 16.5. The predicted octanol–water partition coefficient (Wildman–Crippen LogP) is 2.41. The third-order valence-corrected chi connectivity index (χ3v) is 3.83. The van der Waals surface area contributed by atoms with Crippen LogP contribution in [-0.2, 0) is 4.79 Å². The fourth-order valence-electron chi connectivity index (χ4n) is 2.70. The fraction of sp³-hybridized carbons (Fsp3) is 0.500. The van der Waals surface area contributed by atoms with E-state index in [4.69, 9.17) is 4.74 Å². The number of carboxylic acids is 1. The Kier molecular flexibility index (Phi) is 4.83. The second-order valence-corrected chi connectivity index (χ2v) is 5.41. The number of para-hydroxylation sites is 1. The minimum absolute atomic E-state index is 0.265. The smallest absolute Gasteiger partial charge is 0.326 e. The molecule has 21 heavy (non-hydrogen) atoms. The number of ether oxygens (including phenoxy) is 1. The Balaban J connectivity index is 2.28. The summed E-state index contributed by atoms with van der Waals surface area (Å²) in [6, 6.07) is 6.23. The van der Waals surface area contributed by atoms with Crippen molar-refractivity contribution < 1.29 is 19.4 Å². The van der Waals surface area contributed by atoms with Crippen molar-refractivity contribution in [3.8, 4) is 5.75 Å². The van der Waals surface area contributed by atoms with Gasteiger partial charge in [0, 0.05) is 6.54 Å². The normalized spacial score (nSPS) is 21.9. The van der Waals surface area contributed by atoms with E-state index in [9.17, 15) is 14.7 Å². The molecule has 1 aromatic rings. The SMILES string of the molecule is CCOc1ccccc1C(=O)N1CCC(C)CC1C(=O)O. The molecule has 1 N–H and O–H groups in total. The Morgan fingerprint density at radius 3 is 2.76 bits per heavy atom. The number of carbonyl (C=O) groups excluding carboxylic acids is 1. The van der Waals surface area contributed by atoms with Gasteiger partial charge in [0.05, 0.1) is 12.2 Å². The van der Waals surface area contributed by atoms with E-state index in [1.165, 1.54) is 4.90 Å². The molecule has 0 aliphatic carbocycles. The lowest BCUT2D eigenvalue weighted by atomic mass is 9.92. The number of piperidine rings is 1. The molecule has 0 saturated carbocycles. The van der Waals surface area contributed by atoms with E-state index in [-0.39, 0.29) is 5.91 Å². The van der Waals surface area contributed by atoms with Gasteiger partial charge in [-0.3, -0.25) is 4.79 Å². The van der Waals surface area contributed by atoms with Crippen LogP contribution in [0.5, 0.6) is 5.75 Å². The molecule has 5 nitrogen and oxygen atoms in total. The molecule has 114 valence electrons. The van der Waals surface area contributed by atoms with Crippen LogP contribution in [0, 0.1) is 5.92 Å². The van der Waals surface area contributed by atoms with Gasteiger partial charge < -0.3 is 14.7 Å². The Morgan fingerprint density at radius 2 is 2.10 bits per heavy atom. The highest BCUT2D eigenvalue weighted by Gasteiger charge is 2.35. The van der Waals surface area contributed by atoms with Crippen LogP contribution in [-0.4, -0.2) is 41.1 Å². The lowest BCUT2D eigenvalue weighted by Gasteiger charge is -2.36. The van der Waals surface area contributed by atoms with Crippen LogP contribution in [0.15, 0.2) is 24.3 Å². The topological polar surface area (TPSA) is 66.8 Å². The second-order valence-electron chi connectivity index (χ2n) is 5.41. The first-order valence-electron chi connectivity index (χ1n) is 7.30. The number of rotatable bonds is 4. The molecule has 1 amide bonds. The number of hydrogen-bond acceptors (Lipinski definition) is 3. The molecule has 1 aliphatic heterocycles. The first-order chi connectivity index (χ1) is 10.0. The van der Waals surface area contributed by atoms with Gasteiger partial charge in [0.25, 0.3) is 5.91 Å². The van der Waals surface area contributed by atoms with Crippen molar-refractivity contribution in [3.63, 3.8) is 0 Å². The lowest BCUT2D eigenvalue weighted by molar-refractivity contribution is -0.144. The molecule has 5 heteroatoms. The molecule has 1 aliphatic rings. The van der Waals surface area contributed by atoms with Crippen LogP contribution in [0.25, 0.3) is 0 Å². The van der Waals surface area contributed by atoms with Crippen molar-refractivity contribution in [3.05, 3.63) is 29.8 Å². The average Bonchev–Trinajstić information content (AvgIpc) is 2.47. The molecule has 0 bridgehead atoms. The third-order valence-electron chi connectivity index (χ3n) is 3.83. The number of aliphatic carboxylic acids is 1. The third kappa shape index (κ3) is 3.35. The standard InChI is InChI=1S/C16H21NO4/c1-3-21-14-7-5-4-6-12(14)15(18)17-9-8-11(2)10-13(17)16(19)20/h4-7,11,13H,3,8-10H2,1-2H3,(H,19,20). The minimum atomic E-state index is -0.941. The van der Waals surface area contributed by atoms with Crippen LogP contribution >= 0.6 is 0 Å². The van der Waals surface area contributed by atoms with Crippen molar-refractivity contribution in [2.45, 2.75) is 32.7 Å². The van der Waals surface area contributed by atoms with Crippen LogP contribution in [0.1, 0.15) is 37.0 Å². The summed E-state index contributed by atoms with van der Waals surface area (Å²) >= 11 is 0. The van der Waals surface area contributed by atoms with E-state index in [2.05, 4.69) is 0 Å². The first kappa shape index (κ1) is 15.4. The predicted molar refractivity (Wildman–Crippen MR) is 78.5 cm³/mol. The molecule has 1 aromatic carbocycles. The maximum atomic E-state index is 12.7. The highest BCUT2D eigenvalue weighted by Crippen LogP contribution is 2.27. The van der Waals surface area contributed by atoms with Gasteiger partial charge in [-0.2, -0.15) is 0 Å². The molecule has 1 saturated heterocycles. The van der Waals surface area contributed by atoms with Gasteiger partial charge in [0.1, 0.15) is 11.8 Å². The van der Waals surface area contributed by atoms with Crippen molar-refractivity contribution in [2.24, 2.45) is 5.92 Å². The number of carboxylic acid groups (broad SMARTS) is 1. The van der Waals surface area contributed by atoms with Gasteiger partial charge in [-0.15, -0.1) is 0 Å². The van der Waals surface area contributed by atoms with Crippen molar-refractivity contribution in [1.82, 2.24) is 4.90 Å². The van der Waals surface area contributed by atoms with E-state index in [0.29, 0.717) is 36.8 Å². The zero-order chi connectivity index (χ0) is 15.4. The summed E-state index contributed by atoms with van der Waals surface area (Å²) in [5.41, 5.74) is 0.431. The molecule has 0 spiro atoms. The molecule has 1 heterocycles. The quantitative estimate of drug-likeness (QED) is 0.925. The summed E-state index contributed by atoms with van der Waals surface area (Å²) in [5.74, 6) is -0.382. The van der Waals surface area contributed by atoms with E-state index in [1.54, 1.807) is 24.3 Å². The molecule has 1 fully saturated rings. The maximum Gasteiger partial charge on any atom is 0.326 e. The second kappa shape index (κ2) is 6.61. The van der Waals surface area contributed by atoms with Gasteiger partial charge in [-0.05, 0) is 37.8 Å². The zero-order valence-electron chi connectivity index (χ0n) is 12.4. The summed E-state index contributed by atoms with van der Waals surface area (Å²) < 4.78 is 5.47. The van der Waals surface area contributed by atoms with E-state index in [0.717, 1.165) is 6.42 Å². The van der Waals surface area contributed by atoms with E-state index < -0.39 is 12.0 Å². The number of nitrogens with zero attached hydrogens (tertiary/aromatic N) is 1. The van der Waals surface area contributed by atoms with Crippen molar-refractivity contribution in [1.29, 1.82) is 0 Å². The Bertz CT molecular complexity index is 529. The molecule has 0 radical (unpaired) electrons. The van der Waals surface area contributed by atoms with Crippen LogP contribution < -0.4 is 4.74 Å². The monoisotopic (exact) mass is 291 g/mol. The molecule has 2 rings (SSSR count). The Labute approximate surface area is 124 Å². The van der Waals surface area contributed by atoms with E-state index in [1.807, 2.05) is 13.8 Å². The Hall–Kier alpha value is -2.04. The van der Waals surface area contributed by atoms with Crippen LogP contribution in [0.4, 0.5) is 0 Å². The molecular formula is C16H21NO4. The van der Waals surface area contributed by atoms with Crippen LogP contribution in [0.2, 0.25) is 0 Å². The summed E-state index contributed by atoms with van der Waals surface area (Å²) in [7, 11) is 0. The van der Waals surface area contributed by atoms with Gasteiger partial charge in [0.15, 0.2) is 0 Å². The average molecular weight is 291 g/mol. The summed E-state index contributed by atoms with van der Waals surface area (Å²) in [6.45, 7) is 4.80. The lowest BCUT2D eigenvalue weighted by Crippen LogP contribution is -2.49. The fourth-order valence-corrected chi connectivity index (χ4v) is 2.70. The largest absolute Gasteiger partial charge is 0.493 e. The molecular weight excluding hydrogens is 270 g/mol. The van der Waals surface area contributed by atoms with Crippen LogP contribution in [0.3, 0.4) is 0 Å². The number of carbonyl (C=O) groups is 2. The number of likely N-dealkylation sites (tertiary alicyclic amines) is 1. The van der Waals surface area contributed by atoms with Gasteiger partial charge in [-0.25, -0.2) is 4.79 Å². The summed E-state index contributed by atoms with van der Waals surface area (Å²) in [4.78, 5) is 25.6. The number of hydrogen-bond donors (Lipinski definition) is 1. The van der Waals surface area contributed by atoms with Crippen molar-refractivity contribution >= 4 is 11.9 Å². The molecule has 2 atom stereocenters. The zero-order valence-corrected chi connectivity index (χ0v) is 12.4. The van der Waals surface area contributed by atoms with E-state index >= 15 is 0 Å². The highest BCUT2D eigenvalue weighted by molar-refractivity contribution is 5.99. The first-order valence-corrected chi connectivity index (χ1v) is 7.30. The molecule has 0 aromatic heterocycles. The van der Waals surface area contributed by atoms with Gasteiger partial charge in [-0.1, -0.05) is 19.1 Å².